The van der Waals surface area contributed by atoms with Crippen molar-refractivity contribution in [3.63, 3.8) is 0 Å². The molecule has 0 radical (unpaired) electrons. The highest BCUT2D eigenvalue weighted by atomic mass is 16.5. The molecule has 38 heavy (non-hydrogen) atoms. The van der Waals surface area contributed by atoms with Crippen molar-refractivity contribution in [2.75, 3.05) is 73.6 Å². The van der Waals surface area contributed by atoms with Gasteiger partial charge in [0.05, 0.1) is 13.2 Å². The average molecular weight is 541 g/mol. The second-order valence-electron chi connectivity index (χ2n) is 8.35. The Morgan fingerprint density at radius 1 is 0.921 bits per heavy atom. The van der Waals surface area contributed by atoms with E-state index in [0.29, 0.717) is 50.7 Å². The number of aliphatic imine (C=N–C) groups is 2. The van der Waals surface area contributed by atoms with Gasteiger partial charge >= 0.3 is 0 Å². The molecule has 0 aliphatic heterocycles. The van der Waals surface area contributed by atoms with Crippen LogP contribution in [0.4, 0.5) is 0 Å². The fourth-order valence-corrected chi connectivity index (χ4v) is 2.42. The second-order valence-corrected chi connectivity index (χ2v) is 8.35. The van der Waals surface area contributed by atoms with Gasteiger partial charge in [-0.3, -0.25) is 20.6 Å². The minimum Gasteiger partial charge on any atom is -0.378 e. The summed E-state index contributed by atoms with van der Waals surface area (Å²) in [6.07, 6.45) is 8.09. The van der Waals surface area contributed by atoms with Crippen molar-refractivity contribution < 1.29 is 4.74 Å². The number of guanidine groups is 2. The Balaban J connectivity index is -0.000000270. The number of nitrogens with zero attached hydrogens (tertiary/aromatic N) is 6. The third-order valence-corrected chi connectivity index (χ3v) is 4.37. The summed E-state index contributed by atoms with van der Waals surface area (Å²) in [5.74, 6) is 1.84. The molecule has 0 rings (SSSR count). The largest absolute Gasteiger partial charge is 0.378 e. The van der Waals surface area contributed by atoms with E-state index in [1.54, 1.807) is 0 Å². The van der Waals surface area contributed by atoms with Gasteiger partial charge in [-0.05, 0) is 39.3 Å². The Morgan fingerprint density at radius 2 is 1.53 bits per heavy atom. The maximum atomic E-state index is 8.60. The molecule has 0 spiro atoms. The minimum absolute atomic E-state index is 0.530. The predicted octanol–water partition coefficient (Wildman–Crippen LogP) is 3.17. The molecule has 0 aromatic rings. The molecule has 0 heterocycles. The molecule has 11 heteroatoms. The maximum Gasteiger partial charge on any atom is 0.207 e. The highest BCUT2D eigenvalue weighted by Crippen LogP contribution is 2.03. The average Bonchev–Trinajstić information content (AvgIpc) is 2.90. The number of nitrogens with one attached hydrogen (secondary N) is 3. The second kappa shape index (κ2) is 36.6. The van der Waals surface area contributed by atoms with Crippen LogP contribution in [0, 0.1) is 28.8 Å². The lowest BCUT2D eigenvalue weighted by Crippen LogP contribution is -2.39. The molecule has 0 amide bonds. The van der Waals surface area contributed by atoms with Gasteiger partial charge in [-0.1, -0.05) is 54.9 Å². The van der Waals surface area contributed by atoms with Crippen molar-refractivity contribution in [1.29, 1.82) is 10.5 Å². The van der Waals surface area contributed by atoms with E-state index < -0.39 is 0 Å². The standard InChI is InChI=1S/C12H25N5O.C11H23N5.2C2H6/c1-4-5-6-14-12(16-11-13)15-7-9-18-10-8-17(2)3;1-10(2)5-4-7-14-11(15-9-13)16(3)8-6-12;2*1-2/h4-10H2,1-3H3,(H2,14,15,16);10H,4-8,12H2,1-3H3,(H,14,15);2*1-2H3. The molecule has 0 aliphatic carbocycles. The van der Waals surface area contributed by atoms with Crippen LogP contribution >= 0.6 is 0 Å². The molecule has 11 nitrogen and oxygen atoms in total. The molecule has 0 unspecified atom stereocenters. The molecule has 0 aliphatic rings. The van der Waals surface area contributed by atoms with E-state index in [-0.39, 0.29) is 0 Å². The quantitative estimate of drug-likeness (QED) is 0.0807. The number of nitrogens with two attached hydrogens (primary N) is 1. The van der Waals surface area contributed by atoms with Crippen LogP contribution in [0.2, 0.25) is 0 Å². The third kappa shape index (κ3) is 35.6. The van der Waals surface area contributed by atoms with Crippen LogP contribution in [0.3, 0.4) is 0 Å². The Kier molecular flexibility index (Phi) is 40.9. The third-order valence-electron chi connectivity index (χ3n) is 4.37. The van der Waals surface area contributed by atoms with Gasteiger partial charge in [0, 0.05) is 46.3 Å². The van der Waals surface area contributed by atoms with E-state index in [0.717, 1.165) is 45.3 Å². The predicted molar refractivity (Wildman–Crippen MR) is 163 cm³/mol. The molecule has 224 valence electrons. The summed E-state index contributed by atoms with van der Waals surface area (Å²) in [5, 5.41) is 25.3. The van der Waals surface area contributed by atoms with Gasteiger partial charge in [-0.2, -0.15) is 10.5 Å². The van der Waals surface area contributed by atoms with Crippen molar-refractivity contribution in [2.24, 2.45) is 21.6 Å². The number of likely N-dealkylation sites (N-methyl/N-ethyl adjacent to an activating group) is 2. The number of hydrogen-bond donors (Lipinski definition) is 4. The van der Waals surface area contributed by atoms with Crippen molar-refractivity contribution in [3.8, 4) is 12.4 Å². The van der Waals surface area contributed by atoms with Crippen molar-refractivity contribution in [2.45, 2.75) is 74.1 Å². The van der Waals surface area contributed by atoms with E-state index in [1.165, 1.54) is 0 Å². The van der Waals surface area contributed by atoms with E-state index in [4.69, 9.17) is 21.0 Å². The molecular weight excluding hydrogens is 480 g/mol. The zero-order chi connectivity index (χ0) is 30.0. The van der Waals surface area contributed by atoms with Gasteiger partial charge in [0.1, 0.15) is 0 Å². The summed E-state index contributed by atoms with van der Waals surface area (Å²) in [6, 6.07) is 0. The topological polar surface area (TPSA) is 150 Å². The van der Waals surface area contributed by atoms with Crippen molar-refractivity contribution in [3.05, 3.63) is 0 Å². The van der Waals surface area contributed by atoms with Crippen molar-refractivity contribution in [1.82, 2.24) is 25.8 Å². The van der Waals surface area contributed by atoms with Gasteiger partial charge in [-0.25, -0.2) is 0 Å². The molecular formula is C27H60N10O. The van der Waals surface area contributed by atoms with E-state index in [2.05, 4.69) is 51.6 Å². The maximum absolute atomic E-state index is 8.60. The molecule has 0 aromatic carbocycles. The number of ether oxygens (including phenoxy) is 1. The fraction of sp³-hybridized carbons (Fsp3) is 0.852. The first kappa shape index (κ1) is 42.5. The molecule has 0 fully saturated rings. The van der Waals surface area contributed by atoms with E-state index in [1.807, 2.05) is 66.1 Å². The summed E-state index contributed by atoms with van der Waals surface area (Å²) in [7, 11) is 5.90. The summed E-state index contributed by atoms with van der Waals surface area (Å²) in [4.78, 5) is 12.5. The van der Waals surface area contributed by atoms with Gasteiger partial charge in [-0.15, -0.1) is 0 Å². The van der Waals surface area contributed by atoms with Crippen LogP contribution in [0.5, 0.6) is 0 Å². The number of unbranched alkanes of at least 4 members (excludes halogenated alkanes) is 1. The molecule has 0 bridgehead atoms. The molecule has 0 saturated carbocycles. The lowest BCUT2D eigenvalue weighted by Gasteiger charge is -2.18. The lowest BCUT2D eigenvalue weighted by molar-refractivity contribution is 0.122. The van der Waals surface area contributed by atoms with Crippen LogP contribution in [0.25, 0.3) is 0 Å². The summed E-state index contributed by atoms with van der Waals surface area (Å²) >= 11 is 0. The zero-order valence-electron chi connectivity index (χ0n) is 26.2. The molecule has 0 saturated heterocycles. The minimum atomic E-state index is 0.530. The van der Waals surface area contributed by atoms with Crippen LogP contribution in [-0.2, 0) is 4.74 Å². The van der Waals surface area contributed by atoms with Gasteiger partial charge in [0.25, 0.3) is 0 Å². The smallest absolute Gasteiger partial charge is 0.207 e. The summed E-state index contributed by atoms with van der Waals surface area (Å²) < 4.78 is 5.43. The van der Waals surface area contributed by atoms with Gasteiger partial charge in [0.15, 0.2) is 12.4 Å². The Bertz CT molecular complexity index is 610. The first-order valence-corrected chi connectivity index (χ1v) is 14.1. The Morgan fingerprint density at radius 3 is 2.03 bits per heavy atom. The number of nitriles is 2. The first-order valence-electron chi connectivity index (χ1n) is 14.1. The van der Waals surface area contributed by atoms with Crippen molar-refractivity contribution >= 4 is 11.9 Å². The Labute approximate surface area is 234 Å². The lowest BCUT2D eigenvalue weighted by atomic mass is 10.1. The van der Waals surface area contributed by atoms with Crippen LogP contribution in [-0.4, -0.2) is 95.3 Å². The highest BCUT2D eigenvalue weighted by molar-refractivity contribution is 5.81. The molecule has 0 atom stereocenters. The van der Waals surface area contributed by atoms with Gasteiger partial charge in [0.2, 0.25) is 11.9 Å². The summed E-state index contributed by atoms with van der Waals surface area (Å²) in [6.45, 7) is 20.1. The van der Waals surface area contributed by atoms with Crippen LogP contribution in [0.1, 0.15) is 74.1 Å². The first-order chi connectivity index (χ1) is 18.3. The Hall–Kier alpha value is -2.60. The zero-order valence-corrected chi connectivity index (χ0v) is 26.2. The van der Waals surface area contributed by atoms with Crippen LogP contribution < -0.4 is 21.7 Å². The monoisotopic (exact) mass is 540 g/mol. The van der Waals surface area contributed by atoms with E-state index >= 15 is 0 Å². The molecule has 5 N–H and O–H groups in total. The van der Waals surface area contributed by atoms with Crippen LogP contribution in [0.15, 0.2) is 9.98 Å². The highest BCUT2D eigenvalue weighted by Gasteiger charge is 2.04. The van der Waals surface area contributed by atoms with E-state index in [9.17, 15) is 0 Å². The number of rotatable bonds is 15. The summed E-state index contributed by atoms with van der Waals surface area (Å²) in [5.41, 5.74) is 5.45. The fourth-order valence-electron chi connectivity index (χ4n) is 2.42. The molecule has 0 aromatic heterocycles. The SMILES string of the molecule is CC.CC.CC(C)CCCN=C(NC#N)N(C)CCN.CCCCN=C(NC#N)NCCOCCN(C)C. The normalized spacial score (nSPS) is 10.5. The number of hydrogen-bond acceptors (Lipinski definition) is 7. The van der Waals surface area contributed by atoms with Gasteiger partial charge < -0.3 is 25.6 Å².